The summed E-state index contributed by atoms with van der Waals surface area (Å²) in [4.78, 5) is 18.6. The van der Waals surface area contributed by atoms with Crippen LogP contribution in [0.4, 0.5) is 11.4 Å². The Kier molecular flexibility index (Phi) is 6.59. The van der Waals surface area contributed by atoms with Crippen LogP contribution in [0, 0.1) is 12.5 Å². The van der Waals surface area contributed by atoms with Crippen molar-refractivity contribution in [3.63, 3.8) is 0 Å². The number of carbonyl (C=O) groups excluding carboxylic acids is 1. The van der Waals surface area contributed by atoms with Crippen LogP contribution >= 0.6 is 11.6 Å². The van der Waals surface area contributed by atoms with Gasteiger partial charge in [-0.2, -0.15) is 0 Å². The van der Waals surface area contributed by atoms with Gasteiger partial charge in [-0.05, 0) is 54.5 Å². The maximum Gasteiger partial charge on any atom is 0.220 e. The summed E-state index contributed by atoms with van der Waals surface area (Å²) >= 11 is 6.18. The molecule has 1 unspecified atom stereocenters. The fourth-order valence-electron chi connectivity index (χ4n) is 4.85. The first-order valence-corrected chi connectivity index (χ1v) is 11.3. The Labute approximate surface area is 184 Å². The van der Waals surface area contributed by atoms with Crippen molar-refractivity contribution in [2.45, 2.75) is 57.5 Å². The second-order valence-corrected chi connectivity index (χ2v) is 9.05. The Hall–Kier alpha value is -2.51. The lowest BCUT2D eigenvalue weighted by Gasteiger charge is -2.37. The number of halogens is 1. The zero-order chi connectivity index (χ0) is 20.9. The zero-order valence-corrected chi connectivity index (χ0v) is 18.0. The molecule has 156 valence electrons. The summed E-state index contributed by atoms with van der Waals surface area (Å²) < 4.78 is 0. The molecule has 2 aromatic rings. The lowest BCUT2D eigenvalue weighted by atomic mass is 9.86. The van der Waals surface area contributed by atoms with E-state index in [1.807, 2.05) is 36.4 Å². The van der Waals surface area contributed by atoms with Gasteiger partial charge in [0.25, 0.3) is 0 Å². The van der Waals surface area contributed by atoms with Crippen LogP contribution in [0.5, 0.6) is 0 Å². The molecule has 0 aromatic heterocycles. The van der Waals surface area contributed by atoms with Gasteiger partial charge in [-0.1, -0.05) is 55.1 Å². The van der Waals surface area contributed by atoms with Crippen LogP contribution in [-0.4, -0.2) is 18.5 Å². The summed E-state index contributed by atoms with van der Waals surface area (Å²) in [5.41, 5.74) is 4.04. The molecule has 0 saturated heterocycles. The number of rotatable bonds is 5. The molecule has 4 rings (SSSR count). The van der Waals surface area contributed by atoms with Gasteiger partial charge in [0.05, 0.1) is 12.6 Å². The SMILES string of the molecule is [C-]#[N+]c1ccc2c(c1)CC(NC(=O)CC1CCCCC1)CN2Cc1cccc(Cl)c1. The number of anilines is 1. The molecule has 4 nitrogen and oxygen atoms in total. The van der Waals surface area contributed by atoms with Gasteiger partial charge in [0.2, 0.25) is 5.91 Å². The minimum absolute atomic E-state index is 0.0498. The number of nitrogens with one attached hydrogen (secondary N) is 1. The Morgan fingerprint density at radius 3 is 2.77 bits per heavy atom. The second kappa shape index (κ2) is 9.53. The number of carbonyl (C=O) groups is 1. The van der Waals surface area contributed by atoms with Gasteiger partial charge in [-0.3, -0.25) is 4.79 Å². The molecule has 5 heteroatoms. The van der Waals surface area contributed by atoms with Crippen molar-refractivity contribution >= 4 is 28.9 Å². The standard InChI is InChI=1S/C25H28ClN3O/c1-27-22-10-11-24-20(14-22)15-23(28-25(30)13-18-6-3-2-4-7-18)17-29(24)16-19-8-5-9-21(26)12-19/h5,8-12,14,18,23H,2-4,6-7,13,15-17H2,(H,28,30). The molecule has 2 aromatic carbocycles. The van der Waals surface area contributed by atoms with Crippen molar-refractivity contribution in [1.29, 1.82) is 0 Å². The predicted octanol–water partition coefficient (Wildman–Crippen LogP) is 5.91. The smallest absolute Gasteiger partial charge is 0.220 e. The Bertz CT molecular complexity index is 946. The highest BCUT2D eigenvalue weighted by molar-refractivity contribution is 6.30. The van der Waals surface area contributed by atoms with Crippen molar-refractivity contribution in [2.75, 3.05) is 11.4 Å². The third kappa shape index (κ3) is 5.15. The zero-order valence-electron chi connectivity index (χ0n) is 17.2. The van der Waals surface area contributed by atoms with E-state index in [1.54, 1.807) is 0 Å². The number of benzene rings is 2. The van der Waals surface area contributed by atoms with Crippen molar-refractivity contribution in [3.8, 4) is 0 Å². The van der Waals surface area contributed by atoms with E-state index in [1.165, 1.54) is 32.1 Å². The first-order chi connectivity index (χ1) is 14.6. The Morgan fingerprint density at radius 2 is 2.00 bits per heavy atom. The first-order valence-electron chi connectivity index (χ1n) is 10.9. The third-order valence-corrected chi connectivity index (χ3v) is 6.50. The molecule has 1 fully saturated rings. The lowest BCUT2D eigenvalue weighted by Crippen LogP contribution is -2.48. The van der Waals surface area contributed by atoms with Gasteiger partial charge in [0.15, 0.2) is 5.69 Å². The van der Waals surface area contributed by atoms with Crippen LogP contribution < -0.4 is 10.2 Å². The van der Waals surface area contributed by atoms with Gasteiger partial charge in [-0.15, -0.1) is 0 Å². The number of hydrogen-bond donors (Lipinski definition) is 1. The minimum Gasteiger partial charge on any atom is -0.365 e. The normalized spacial score (nSPS) is 19.1. The van der Waals surface area contributed by atoms with Gasteiger partial charge in [0, 0.05) is 30.2 Å². The topological polar surface area (TPSA) is 36.7 Å². The molecule has 1 atom stereocenters. The first kappa shape index (κ1) is 20.8. The number of hydrogen-bond acceptors (Lipinski definition) is 2. The van der Waals surface area contributed by atoms with E-state index in [4.69, 9.17) is 18.2 Å². The average Bonchev–Trinajstić information content (AvgIpc) is 2.74. The van der Waals surface area contributed by atoms with Crippen LogP contribution in [0.1, 0.15) is 49.7 Å². The summed E-state index contributed by atoms with van der Waals surface area (Å²) in [5.74, 6) is 0.699. The van der Waals surface area contributed by atoms with E-state index < -0.39 is 0 Å². The van der Waals surface area contributed by atoms with Crippen LogP contribution in [0.3, 0.4) is 0 Å². The molecule has 1 aliphatic heterocycles. The van der Waals surface area contributed by atoms with Crippen molar-refractivity contribution in [1.82, 2.24) is 5.32 Å². The van der Waals surface area contributed by atoms with E-state index in [0.29, 0.717) is 18.0 Å². The molecule has 1 aliphatic carbocycles. The highest BCUT2D eigenvalue weighted by Crippen LogP contribution is 2.32. The Morgan fingerprint density at radius 1 is 1.17 bits per heavy atom. The highest BCUT2D eigenvalue weighted by atomic mass is 35.5. The van der Waals surface area contributed by atoms with Gasteiger partial charge < -0.3 is 10.2 Å². The maximum absolute atomic E-state index is 12.7. The van der Waals surface area contributed by atoms with Crippen LogP contribution in [0.2, 0.25) is 5.02 Å². The summed E-state index contributed by atoms with van der Waals surface area (Å²) in [7, 11) is 0. The molecular weight excluding hydrogens is 394 g/mol. The molecule has 1 amide bonds. The van der Waals surface area contributed by atoms with Crippen molar-refractivity contribution in [2.24, 2.45) is 5.92 Å². The van der Waals surface area contributed by atoms with Crippen molar-refractivity contribution in [3.05, 3.63) is 70.0 Å². The lowest BCUT2D eigenvalue weighted by molar-refractivity contribution is -0.122. The summed E-state index contributed by atoms with van der Waals surface area (Å²) in [6.07, 6.45) is 7.57. The highest BCUT2D eigenvalue weighted by Gasteiger charge is 2.27. The molecule has 1 N–H and O–H groups in total. The molecular formula is C25H28ClN3O. The minimum atomic E-state index is 0.0498. The summed E-state index contributed by atoms with van der Waals surface area (Å²) in [6.45, 7) is 8.83. The van der Waals surface area contributed by atoms with Crippen molar-refractivity contribution < 1.29 is 4.79 Å². The molecule has 30 heavy (non-hydrogen) atoms. The second-order valence-electron chi connectivity index (χ2n) is 8.61. The Balaban J connectivity index is 1.50. The molecule has 1 saturated carbocycles. The maximum atomic E-state index is 12.7. The van der Waals surface area contributed by atoms with Gasteiger partial charge in [-0.25, -0.2) is 4.85 Å². The predicted molar refractivity (Wildman–Crippen MR) is 122 cm³/mol. The number of nitrogens with zero attached hydrogens (tertiary/aromatic N) is 2. The summed E-state index contributed by atoms with van der Waals surface area (Å²) in [6, 6.07) is 13.8. The summed E-state index contributed by atoms with van der Waals surface area (Å²) in [5, 5.41) is 4.01. The van der Waals surface area contributed by atoms with E-state index in [-0.39, 0.29) is 11.9 Å². The van der Waals surface area contributed by atoms with Gasteiger partial charge >= 0.3 is 0 Å². The molecule has 0 spiro atoms. The molecule has 0 bridgehead atoms. The average molecular weight is 422 g/mol. The third-order valence-electron chi connectivity index (χ3n) is 6.27. The van der Waals surface area contributed by atoms with Crippen LogP contribution in [0.25, 0.3) is 4.85 Å². The fraction of sp³-hybridized carbons (Fsp3) is 0.440. The van der Waals surface area contributed by atoms with Crippen LogP contribution in [-0.2, 0) is 17.8 Å². The number of amides is 1. The quantitative estimate of drug-likeness (QED) is 0.609. The molecule has 0 radical (unpaired) electrons. The van der Waals surface area contributed by atoms with E-state index >= 15 is 0 Å². The molecule has 2 aliphatic rings. The fourth-order valence-corrected chi connectivity index (χ4v) is 5.06. The van der Waals surface area contributed by atoms with E-state index in [9.17, 15) is 4.79 Å². The monoisotopic (exact) mass is 421 g/mol. The van der Waals surface area contributed by atoms with Crippen LogP contribution in [0.15, 0.2) is 42.5 Å². The molecule has 1 heterocycles. The van der Waals surface area contributed by atoms with Gasteiger partial charge in [0.1, 0.15) is 0 Å². The largest absolute Gasteiger partial charge is 0.365 e. The van der Waals surface area contributed by atoms with E-state index in [0.717, 1.165) is 41.3 Å². The number of fused-ring (bicyclic) bond motifs is 1. The van der Waals surface area contributed by atoms with E-state index in [2.05, 4.69) is 21.1 Å².